The molecule has 1 aliphatic heterocycles. The molecule has 2 nitrogen and oxygen atoms in total. The van der Waals surface area contributed by atoms with Gasteiger partial charge in [0.05, 0.1) is 10.7 Å². The van der Waals surface area contributed by atoms with Gasteiger partial charge in [-0.05, 0) is 36.1 Å². The lowest BCUT2D eigenvalue weighted by Crippen LogP contribution is -2.15. The molecule has 104 valence electrons. The van der Waals surface area contributed by atoms with Crippen molar-refractivity contribution in [3.63, 3.8) is 0 Å². The molecule has 3 rings (SSSR count). The van der Waals surface area contributed by atoms with Crippen LogP contribution in [0.3, 0.4) is 0 Å². The molecule has 0 aliphatic carbocycles. The highest BCUT2D eigenvalue weighted by Gasteiger charge is 2.12. The van der Waals surface area contributed by atoms with Crippen LogP contribution in [0.5, 0.6) is 0 Å². The first-order valence-corrected chi connectivity index (χ1v) is 7.16. The lowest BCUT2D eigenvalue weighted by Gasteiger charge is -2.21. The van der Waals surface area contributed by atoms with Gasteiger partial charge in [0.25, 0.3) is 0 Å². The summed E-state index contributed by atoms with van der Waals surface area (Å²) in [5.74, 6) is -0.396. The highest BCUT2D eigenvalue weighted by atomic mass is 35.5. The first-order valence-electron chi connectivity index (χ1n) is 6.78. The molecule has 0 fully saturated rings. The van der Waals surface area contributed by atoms with Gasteiger partial charge in [-0.25, -0.2) is 4.39 Å². The highest BCUT2D eigenvalue weighted by Crippen LogP contribution is 2.28. The SMILES string of the molecule is Fc1c(Cl)cccc1NCc1cccc2c1NCCC2. The number of para-hydroxylation sites is 1. The lowest BCUT2D eigenvalue weighted by atomic mass is 9.99. The normalized spacial score (nSPS) is 13.5. The van der Waals surface area contributed by atoms with E-state index in [1.165, 1.54) is 11.3 Å². The molecule has 1 heterocycles. The van der Waals surface area contributed by atoms with E-state index in [0.29, 0.717) is 12.2 Å². The van der Waals surface area contributed by atoms with E-state index >= 15 is 0 Å². The third-order valence-electron chi connectivity index (χ3n) is 3.58. The number of aryl methyl sites for hydroxylation is 1. The minimum absolute atomic E-state index is 0.142. The van der Waals surface area contributed by atoms with Crippen molar-refractivity contribution in [2.75, 3.05) is 17.2 Å². The third kappa shape index (κ3) is 2.59. The van der Waals surface area contributed by atoms with Crippen LogP contribution in [0, 0.1) is 5.82 Å². The van der Waals surface area contributed by atoms with E-state index in [9.17, 15) is 4.39 Å². The number of benzene rings is 2. The summed E-state index contributed by atoms with van der Waals surface area (Å²) in [5.41, 5.74) is 4.11. The van der Waals surface area contributed by atoms with Crippen molar-refractivity contribution in [1.82, 2.24) is 0 Å². The van der Waals surface area contributed by atoms with Crippen molar-refractivity contribution in [2.24, 2.45) is 0 Å². The molecule has 0 atom stereocenters. The average molecular weight is 291 g/mol. The third-order valence-corrected chi connectivity index (χ3v) is 3.87. The summed E-state index contributed by atoms with van der Waals surface area (Å²) in [4.78, 5) is 0. The topological polar surface area (TPSA) is 24.1 Å². The number of hydrogen-bond acceptors (Lipinski definition) is 2. The van der Waals surface area contributed by atoms with Crippen molar-refractivity contribution in [3.05, 3.63) is 58.4 Å². The Morgan fingerprint density at radius 1 is 1.20 bits per heavy atom. The molecule has 0 radical (unpaired) electrons. The molecule has 20 heavy (non-hydrogen) atoms. The number of hydrogen-bond donors (Lipinski definition) is 2. The van der Waals surface area contributed by atoms with Gasteiger partial charge in [-0.15, -0.1) is 0 Å². The van der Waals surface area contributed by atoms with Gasteiger partial charge in [-0.3, -0.25) is 0 Å². The Kier molecular flexibility index (Phi) is 3.79. The minimum Gasteiger partial charge on any atom is -0.385 e. The van der Waals surface area contributed by atoms with Crippen molar-refractivity contribution in [1.29, 1.82) is 0 Å². The van der Waals surface area contributed by atoms with Gasteiger partial charge in [-0.2, -0.15) is 0 Å². The van der Waals surface area contributed by atoms with Crippen LogP contribution in [0.1, 0.15) is 17.5 Å². The Morgan fingerprint density at radius 2 is 2.05 bits per heavy atom. The fraction of sp³-hybridized carbons (Fsp3) is 0.250. The quantitative estimate of drug-likeness (QED) is 0.873. The van der Waals surface area contributed by atoms with Gasteiger partial charge in [0, 0.05) is 18.8 Å². The Hall–Kier alpha value is -1.74. The summed E-state index contributed by atoms with van der Waals surface area (Å²) in [7, 11) is 0. The van der Waals surface area contributed by atoms with Crippen LogP contribution in [0.15, 0.2) is 36.4 Å². The van der Waals surface area contributed by atoms with E-state index in [-0.39, 0.29) is 5.02 Å². The average Bonchev–Trinajstić information content (AvgIpc) is 2.49. The van der Waals surface area contributed by atoms with E-state index in [0.717, 1.165) is 24.9 Å². The van der Waals surface area contributed by atoms with Crippen molar-refractivity contribution in [2.45, 2.75) is 19.4 Å². The van der Waals surface area contributed by atoms with Crippen LogP contribution in [-0.4, -0.2) is 6.54 Å². The molecule has 0 spiro atoms. The smallest absolute Gasteiger partial charge is 0.164 e. The van der Waals surface area contributed by atoms with Crippen LogP contribution >= 0.6 is 11.6 Å². The second-order valence-corrected chi connectivity index (χ2v) is 5.34. The Labute approximate surface area is 123 Å². The molecule has 0 saturated heterocycles. The summed E-state index contributed by atoms with van der Waals surface area (Å²) < 4.78 is 13.8. The number of anilines is 2. The van der Waals surface area contributed by atoms with Gasteiger partial charge in [0.2, 0.25) is 0 Å². The van der Waals surface area contributed by atoms with Crippen molar-refractivity contribution < 1.29 is 4.39 Å². The molecular formula is C16H16ClFN2. The van der Waals surface area contributed by atoms with Gasteiger partial charge < -0.3 is 10.6 Å². The van der Waals surface area contributed by atoms with E-state index < -0.39 is 5.82 Å². The zero-order chi connectivity index (χ0) is 13.9. The fourth-order valence-electron chi connectivity index (χ4n) is 2.56. The van der Waals surface area contributed by atoms with E-state index in [1.807, 2.05) is 0 Å². The maximum absolute atomic E-state index is 13.8. The molecule has 1 aliphatic rings. The molecule has 2 aromatic rings. The fourth-order valence-corrected chi connectivity index (χ4v) is 2.73. The molecule has 0 unspecified atom stereocenters. The molecule has 2 aromatic carbocycles. The molecule has 0 saturated carbocycles. The molecule has 0 bridgehead atoms. The van der Waals surface area contributed by atoms with E-state index in [4.69, 9.17) is 11.6 Å². The highest BCUT2D eigenvalue weighted by molar-refractivity contribution is 6.31. The number of rotatable bonds is 3. The zero-order valence-corrected chi connectivity index (χ0v) is 11.8. The van der Waals surface area contributed by atoms with E-state index in [1.54, 1.807) is 18.2 Å². The summed E-state index contributed by atoms with van der Waals surface area (Å²) in [5, 5.41) is 6.70. The van der Waals surface area contributed by atoms with Crippen LogP contribution < -0.4 is 10.6 Å². The predicted octanol–water partition coefficient (Wildman–Crippen LogP) is 4.45. The Morgan fingerprint density at radius 3 is 2.95 bits per heavy atom. The first-order chi connectivity index (χ1) is 9.75. The zero-order valence-electron chi connectivity index (χ0n) is 11.0. The van der Waals surface area contributed by atoms with E-state index in [2.05, 4.69) is 28.8 Å². The molecular weight excluding hydrogens is 275 g/mol. The second kappa shape index (κ2) is 5.71. The Bertz CT molecular complexity index is 628. The maximum Gasteiger partial charge on any atom is 0.164 e. The number of halogens is 2. The summed E-state index contributed by atoms with van der Waals surface area (Å²) in [6.07, 6.45) is 2.26. The summed E-state index contributed by atoms with van der Waals surface area (Å²) >= 11 is 5.78. The molecule has 0 amide bonds. The van der Waals surface area contributed by atoms with Gasteiger partial charge >= 0.3 is 0 Å². The van der Waals surface area contributed by atoms with Crippen LogP contribution in [0.25, 0.3) is 0 Å². The van der Waals surface area contributed by atoms with Gasteiger partial charge in [0.1, 0.15) is 0 Å². The Balaban J connectivity index is 1.80. The number of nitrogens with one attached hydrogen (secondary N) is 2. The van der Waals surface area contributed by atoms with Crippen LogP contribution in [0.2, 0.25) is 5.02 Å². The van der Waals surface area contributed by atoms with Crippen LogP contribution in [0.4, 0.5) is 15.8 Å². The van der Waals surface area contributed by atoms with Crippen LogP contribution in [-0.2, 0) is 13.0 Å². The van der Waals surface area contributed by atoms with Crippen molar-refractivity contribution in [3.8, 4) is 0 Å². The lowest BCUT2D eigenvalue weighted by molar-refractivity contribution is 0.630. The second-order valence-electron chi connectivity index (χ2n) is 4.94. The summed E-state index contributed by atoms with van der Waals surface area (Å²) in [6.45, 7) is 1.57. The summed E-state index contributed by atoms with van der Waals surface area (Å²) in [6, 6.07) is 11.2. The predicted molar refractivity (Wildman–Crippen MR) is 82.0 cm³/mol. The van der Waals surface area contributed by atoms with Crippen molar-refractivity contribution >= 4 is 23.0 Å². The molecule has 0 aromatic heterocycles. The monoisotopic (exact) mass is 290 g/mol. The molecule has 4 heteroatoms. The number of fused-ring (bicyclic) bond motifs is 1. The van der Waals surface area contributed by atoms with Gasteiger partial charge in [-0.1, -0.05) is 35.9 Å². The first kappa shape index (κ1) is 13.3. The maximum atomic E-state index is 13.8. The minimum atomic E-state index is -0.396. The molecule has 2 N–H and O–H groups in total. The standard InChI is InChI=1S/C16H16ClFN2/c17-13-7-2-8-14(15(13)18)20-10-12-5-1-4-11-6-3-9-19-16(11)12/h1-2,4-5,7-8,19-20H,3,6,9-10H2. The van der Waals surface area contributed by atoms with Gasteiger partial charge in [0.15, 0.2) is 5.82 Å². The largest absolute Gasteiger partial charge is 0.385 e.